The molecule has 430 valence electrons. The van der Waals surface area contributed by atoms with E-state index >= 15 is 8.78 Å². The van der Waals surface area contributed by atoms with Crippen molar-refractivity contribution in [3.05, 3.63) is 128 Å². The van der Waals surface area contributed by atoms with Crippen LogP contribution in [0.3, 0.4) is 0 Å². The van der Waals surface area contributed by atoms with E-state index in [1.165, 1.54) is 64.1 Å². The number of halogens is 3. The molecule has 9 atom stereocenters. The van der Waals surface area contributed by atoms with Gasteiger partial charge in [0.2, 0.25) is 5.43 Å². The molecular formula is C57H61F3N6O15. The van der Waals surface area contributed by atoms with E-state index in [9.17, 15) is 59.0 Å². The Hall–Kier alpha value is -8.45. The zero-order chi connectivity index (χ0) is 59.3. The van der Waals surface area contributed by atoms with Crippen LogP contribution in [0, 0.1) is 48.0 Å². The molecule has 4 aliphatic rings. The number of benzene rings is 3. The summed E-state index contributed by atoms with van der Waals surface area (Å²) in [5.74, 6) is -14.8. The number of aromatic hydroxyl groups is 3. The van der Waals surface area contributed by atoms with Crippen molar-refractivity contribution in [1.29, 1.82) is 0 Å². The van der Waals surface area contributed by atoms with E-state index in [2.05, 4.69) is 21.2 Å². The number of allylic oxidation sites excluding steroid dienone is 2. The van der Waals surface area contributed by atoms with E-state index in [-0.39, 0.29) is 63.5 Å². The number of aromatic carboxylic acids is 1. The van der Waals surface area contributed by atoms with Crippen molar-refractivity contribution >= 4 is 56.9 Å². The Balaban J connectivity index is 1.18. The molecule has 0 unspecified atom stereocenters. The van der Waals surface area contributed by atoms with Gasteiger partial charge in [0, 0.05) is 110 Å². The quantitative estimate of drug-likeness (QED) is 0.0313. The maximum Gasteiger partial charge on any atom is 0.341 e. The molecule has 1 amide bonds. The fraction of sp³-hybridized carbons (Fsp3) is 0.368. The molecule has 6 heterocycles. The van der Waals surface area contributed by atoms with Gasteiger partial charge in [0.25, 0.3) is 11.7 Å². The van der Waals surface area contributed by atoms with Gasteiger partial charge in [-0.05, 0) is 38.1 Å². The van der Waals surface area contributed by atoms with Crippen LogP contribution in [0.25, 0.3) is 27.5 Å². The summed E-state index contributed by atoms with van der Waals surface area (Å²) in [6, 6.07) is 3.21. The summed E-state index contributed by atoms with van der Waals surface area (Å²) in [4.78, 5) is 72.2. The average molecular weight is 1130 g/mol. The Morgan fingerprint density at radius 2 is 1.65 bits per heavy atom. The monoisotopic (exact) mass is 1130 g/mol. The number of phenols is 3. The van der Waals surface area contributed by atoms with Gasteiger partial charge < -0.3 is 65.2 Å². The Bertz CT molecular complexity index is 3600. The lowest BCUT2D eigenvalue weighted by molar-refractivity contribution is -0.160. The topological polar surface area (TPSA) is 301 Å². The molecule has 5 bridgehead atoms. The first kappa shape index (κ1) is 58.7. The number of amides is 1. The van der Waals surface area contributed by atoms with Crippen LogP contribution < -0.4 is 31.2 Å². The van der Waals surface area contributed by atoms with E-state index in [0.29, 0.717) is 11.8 Å². The molecule has 24 heteroatoms. The van der Waals surface area contributed by atoms with E-state index in [4.69, 9.17) is 18.9 Å². The molecule has 9 rings (SSSR count). The summed E-state index contributed by atoms with van der Waals surface area (Å²) in [5, 5.41) is 70.5. The van der Waals surface area contributed by atoms with Crippen LogP contribution in [-0.4, -0.2) is 108 Å². The third-order valence-electron chi connectivity index (χ3n) is 15.1. The highest BCUT2D eigenvalue weighted by molar-refractivity contribution is 6.22. The third kappa shape index (κ3) is 11.0. The summed E-state index contributed by atoms with van der Waals surface area (Å²) in [5.41, 5.74) is 2.57. The van der Waals surface area contributed by atoms with E-state index < -0.39 is 146 Å². The van der Waals surface area contributed by atoms with Crippen molar-refractivity contribution < 1.29 is 81.9 Å². The largest absolute Gasteiger partial charge is 0.507 e. The Kier molecular flexibility index (Phi) is 16.6. The first-order valence-corrected chi connectivity index (χ1v) is 25.7. The van der Waals surface area contributed by atoms with Gasteiger partial charge >= 0.3 is 17.7 Å². The number of aliphatic hydroxyl groups excluding tert-OH is 2. The molecule has 3 aromatic carbocycles. The summed E-state index contributed by atoms with van der Waals surface area (Å²) in [6.45, 7) is 11.6. The smallest absolute Gasteiger partial charge is 0.341 e. The number of pyridine rings is 2. The number of aliphatic hydroxyl groups is 2. The van der Waals surface area contributed by atoms with Crippen LogP contribution >= 0.6 is 0 Å². The first-order chi connectivity index (χ1) is 38.2. The fourth-order valence-corrected chi connectivity index (χ4v) is 10.5. The number of hydrazine groups is 1. The maximum atomic E-state index is 16.0. The summed E-state index contributed by atoms with van der Waals surface area (Å²) in [6.07, 6.45) is 5.26. The van der Waals surface area contributed by atoms with Crippen LogP contribution in [0.4, 0.5) is 24.7 Å². The van der Waals surface area contributed by atoms with Gasteiger partial charge in [-0.3, -0.25) is 23.7 Å². The number of fused-ring (bicyclic) bond motifs is 15. The number of Topliss-reactive ketones (excluding diaryl/α,β-unsaturated/α-hetero) is 1. The van der Waals surface area contributed by atoms with Gasteiger partial charge in [0.1, 0.15) is 40.6 Å². The number of hydrogen-bond acceptors (Lipinski definition) is 18. The van der Waals surface area contributed by atoms with E-state index in [1.54, 1.807) is 33.8 Å². The summed E-state index contributed by atoms with van der Waals surface area (Å²) >= 11 is 0. The molecule has 2 aromatic heterocycles. The van der Waals surface area contributed by atoms with E-state index in [1.807, 2.05) is 0 Å². The molecular weight excluding hydrogens is 1070 g/mol. The summed E-state index contributed by atoms with van der Waals surface area (Å²) in [7, 11) is 1.39. The number of aromatic nitrogens is 2. The van der Waals surface area contributed by atoms with Crippen molar-refractivity contribution in [3.8, 4) is 28.7 Å². The van der Waals surface area contributed by atoms with Crippen LogP contribution in [0.2, 0.25) is 0 Å². The number of ether oxygens (including phenoxy) is 4. The van der Waals surface area contributed by atoms with Gasteiger partial charge in [0.05, 0.1) is 52.3 Å². The molecule has 9 N–H and O–H groups in total. The number of carbonyl (C=O) groups excluding carboxylic acids is 3. The molecule has 0 radical (unpaired) electrons. The molecule has 81 heavy (non-hydrogen) atoms. The Morgan fingerprint density at radius 1 is 0.938 bits per heavy atom. The predicted molar refractivity (Wildman–Crippen MR) is 288 cm³/mol. The zero-order valence-electron chi connectivity index (χ0n) is 45.4. The Labute approximate surface area is 461 Å². The lowest BCUT2D eigenvalue weighted by Gasteiger charge is -2.38. The number of hydrogen-bond donors (Lipinski definition) is 9. The van der Waals surface area contributed by atoms with Crippen molar-refractivity contribution in [2.45, 2.75) is 98.6 Å². The number of carboxylic acid groups (broad SMARTS) is 1. The maximum absolute atomic E-state index is 16.0. The lowest BCUT2D eigenvalue weighted by Crippen LogP contribution is -2.46. The number of esters is 1. The highest BCUT2D eigenvalue weighted by atomic mass is 19.1. The highest BCUT2D eigenvalue weighted by Gasteiger charge is 2.50. The predicted octanol–water partition coefficient (Wildman–Crippen LogP) is 6.91. The normalized spacial score (nSPS) is 24.5. The molecule has 5 aromatic rings. The molecule has 0 saturated heterocycles. The second-order valence-corrected chi connectivity index (χ2v) is 20.6. The molecule has 0 saturated carbocycles. The first-order valence-electron chi connectivity index (χ1n) is 25.7. The van der Waals surface area contributed by atoms with Crippen molar-refractivity contribution in [3.63, 3.8) is 0 Å². The number of methoxy groups -OCH3 is 1. The average Bonchev–Trinajstić information content (AvgIpc) is 4.12. The molecule has 0 fully saturated rings. The number of nitrogens with zero attached hydrogens (tertiary/aromatic N) is 3. The minimum atomic E-state index is -2.18. The number of carbonyl (C=O) groups is 4. The second-order valence-electron chi connectivity index (χ2n) is 20.6. The van der Waals surface area contributed by atoms with Crippen molar-refractivity contribution in [2.24, 2.45) is 23.7 Å². The minimum absolute atomic E-state index is 0.0476. The lowest BCUT2D eigenvalue weighted by atomic mass is 9.78. The third-order valence-corrected chi connectivity index (χ3v) is 15.1. The number of carboxylic acids is 1. The molecule has 21 nitrogen and oxygen atoms in total. The van der Waals surface area contributed by atoms with Gasteiger partial charge in [-0.15, -0.1) is 0 Å². The summed E-state index contributed by atoms with van der Waals surface area (Å²) < 4.78 is 69.7. The highest BCUT2D eigenvalue weighted by Crippen LogP contribution is 2.55. The van der Waals surface area contributed by atoms with Crippen LogP contribution in [0.15, 0.2) is 83.3 Å². The number of rotatable bonds is 9. The van der Waals surface area contributed by atoms with Gasteiger partial charge in [-0.1, -0.05) is 45.9 Å². The van der Waals surface area contributed by atoms with Crippen molar-refractivity contribution in [2.75, 3.05) is 23.9 Å². The van der Waals surface area contributed by atoms with Gasteiger partial charge in [-0.25, -0.2) is 28.4 Å². The number of phenolic OH excluding ortho intramolecular Hbond substituents is 3. The SMILES string of the molecule is CO[C@H]1C=CO[C@@]2(C)Oc3c(C)c(O)c4c(O)c(c(CNNC5=CN(c6nc7c(cc6F)c(=O)c(C(=O)O)cn7-c6ccc(F)cc6F)CC5)c(O)c4c3C2=O)NC(=O)C(C)=CC=C[C@H](C)[C@H](O)[C@@H](C)[C@@H](O)[C@@H](C)[C@H](OC(C)=O)[C@@H]1C. The Morgan fingerprint density at radius 3 is 2.32 bits per heavy atom. The van der Waals surface area contributed by atoms with E-state index in [0.717, 1.165) is 35.2 Å². The molecule has 4 aliphatic heterocycles. The second kappa shape index (κ2) is 23.0. The van der Waals surface area contributed by atoms with Crippen molar-refractivity contribution in [1.82, 2.24) is 20.4 Å². The number of ketones is 1. The van der Waals surface area contributed by atoms with Gasteiger partial charge in [0.15, 0.2) is 23.0 Å². The minimum Gasteiger partial charge on any atom is -0.507 e. The molecule has 0 spiro atoms. The standard InChI is InChI=1S/C57H61F3N6O15/c1-24-11-10-12-25(2)55(75)62-43-34(21-61-64-32-15-17-65(22-32)54-37(60)20-33-47(71)35(56(76)77)23-66(53(33)63-54)38-14-13-31(58)19-36(38)59)48(72)40-41(49(43)73)46(70)29(6)51-42(40)52(74)57(8,81-51)79-18-16-39(78-9)26(3)50(80-30(7)67)28(5)45(69)27(4)44(24)68/h10-14,16,18-20,22-24,26-28,39,44-45,50,61,64,68-70,72-73H,15,17,21H2,1-9H3,(H,62,75)(H,76,77)/t24-,26+,27+,28+,39-,44-,45+,50+,57-/m0/s1. The van der Waals surface area contributed by atoms with Gasteiger partial charge in [-0.2, -0.15) is 0 Å². The molecule has 0 aliphatic carbocycles. The van der Waals surface area contributed by atoms with Crippen LogP contribution in [0.5, 0.6) is 23.0 Å². The zero-order valence-corrected chi connectivity index (χ0v) is 45.4. The number of nitrogens with one attached hydrogen (secondary N) is 3. The van der Waals surface area contributed by atoms with Crippen LogP contribution in [-0.2, 0) is 30.3 Å². The number of anilines is 2. The fourth-order valence-electron chi connectivity index (χ4n) is 10.5. The van der Waals surface area contributed by atoms with Crippen LogP contribution in [0.1, 0.15) is 86.7 Å².